The van der Waals surface area contributed by atoms with Gasteiger partial charge < -0.3 is 38.5 Å². The summed E-state index contributed by atoms with van der Waals surface area (Å²) in [6.07, 6.45) is 18.5. The maximum Gasteiger partial charge on any atom is 0.319 e. The van der Waals surface area contributed by atoms with Crippen molar-refractivity contribution in [1.82, 2.24) is 49.5 Å². The maximum absolute atomic E-state index is 18.4. The first-order chi connectivity index (χ1) is 49.0. The van der Waals surface area contributed by atoms with Crippen LogP contribution in [0.2, 0.25) is 5.02 Å². The summed E-state index contributed by atoms with van der Waals surface area (Å²) in [6, 6.07) is 20.3. The molecule has 10 atom stereocenters. The number of pyridine rings is 2. The Morgan fingerprint density at radius 1 is 0.614 bits per heavy atom. The summed E-state index contributed by atoms with van der Waals surface area (Å²) in [5.74, 6) is 0.534. The largest absolute Gasteiger partial charge is 0.461 e. The van der Waals surface area contributed by atoms with Gasteiger partial charge in [0.1, 0.15) is 59.1 Å². The summed E-state index contributed by atoms with van der Waals surface area (Å²) in [5.41, 5.74) is 2.33. The number of piperazine rings is 2. The van der Waals surface area contributed by atoms with Crippen LogP contribution < -0.4 is 19.3 Å². The minimum absolute atomic E-state index is 0.0139. The van der Waals surface area contributed by atoms with Gasteiger partial charge in [-0.15, -0.1) is 6.42 Å². The van der Waals surface area contributed by atoms with Crippen LogP contribution in [0, 0.1) is 47.6 Å². The first-order valence-electron chi connectivity index (χ1n) is 36.2. The summed E-state index contributed by atoms with van der Waals surface area (Å²) in [7, 11) is 0. The molecule has 0 radical (unpaired) electrons. The van der Waals surface area contributed by atoms with Gasteiger partial charge in [0, 0.05) is 101 Å². The Kier molecular flexibility index (Phi) is 15.5. The van der Waals surface area contributed by atoms with Crippen LogP contribution in [0.25, 0.3) is 65.9 Å². The maximum atomic E-state index is 18.4. The van der Waals surface area contributed by atoms with Gasteiger partial charge in [0.25, 0.3) is 11.8 Å². The van der Waals surface area contributed by atoms with E-state index in [2.05, 4.69) is 37.7 Å². The molecule has 8 aromatic rings. The number of halogens is 3. The van der Waals surface area contributed by atoms with E-state index < -0.39 is 41.2 Å². The third-order valence-corrected chi connectivity index (χ3v) is 24.9. The number of amides is 2. The Morgan fingerprint density at radius 3 is 1.63 bits per heavy atom. The summed E-state index contributed by atoms with van der Waals surface area (Å²) >= 11 is 6.85. The smallest absolute Gasteiger partial charge is 0.319 e. The van der Waals surface area contributed by atoms with Gasteiger partial charge in [-0.25, -0.2) is 8.78 Å². The molecular formula is C78H79ClF2N12O8. The van der Waals surface area contributed by atoms with Crippen molar-refractivity contribution in [2.45, 2.75) is 158 Å². The third kappa shape index (κ3) is 10.1. The molecule has 23 heteroatoms. The van der Waals surface area contributed by atoms with Crippen molar-refractivity contribution in [3.63, 3.8) is 0 Å². The van der Waals surface area contributed by atoms with E-state index in [1.165, 1.54) is 0 Å². The highest BCUT2D eigenvalue weighted by Gasteiger charge is 2.57. The van der Waals surface area contributed by atoms with Gasteiger partial charge in [0.2, 0.25) is 0 Å². The molecule has 20 nitrogen and oxygen atoms in total. The van der Waals surface area contributed by atoms with Crippen LogP contribution in [-0.4, -0.2) is 180 Å². The molecule has 2 amide bonds. The number of hydrogen-bond donors (Lipinski definition) is 0. The molecule has 10 saturated heterocycles. The van der Waals surface area contributed by atoms with Crippen LogP contribution in [-0.2, 0) is 28.7 Å². The average Bonchev–Trinajstić information content (AvgIpc) is 1.71. The lowest BCUT2D eigenvalue weighted by atomic mass is 9.85. The molecule has 10 aliphatic heterocycles. The van der Waals surface area contributed by atoms with Crippen LogP contribution in [0.4, 0.5) is 20.4 Å². The second kappa shape index (κ2) is 24.4. The molecule has 18 rings (SSSR count). The average molecular weight is 1390 g/mol. The summed E-state index contributed by atoms with van der Waals surface area (Å²) < 4.78 is 60.8. The van der Waals surface area contributed by atoms with Crippen molar-refractivity contribution in [3.8, 4) is 46.9 Å². The molecule has 10 fully saturated rings. The van der Waals surface area contributed by atoms with Crippen LogP contribution in [0.1, 0.15) is 122 Å². The van der Waals surface area contributed by atoms with E-state index in [0.29, 0.717) is 87.7 Å². The molecule has 10 unspecified atom stereocenters. The van der Waals surface area contributed by atoms with E-state index in [1.807, 2.05) is 86.0 Å². The molecule has 4 aromatic heterocycles. The lowest BCUT2D eigenvalue weighted by Gasteiger charge is -2.45. The van der Waals surface area contributed by atoms with Gasteiger partial charge in [-0.05, 0) is 137 Å². The molecule has 0 spiro atoms. The first kappa shape index (κ1) is 64.2. The number of ether oxygens (including phenoxy) is 4. The first-order valence-corrected chi connectivity index (χ1v) is 36.6. The van der Waals surface area contributed by atoms with Crippen molar-refractivity contribution < 1.29 is 46.9 Å². The second-order valence-electron chi connectivity index (χ2n) is 30.6. The number of carbonyl (C=O) groups is 4. The van der Waals surface area contributed by atoms with Crippen molar-refractivity contribution in [1.29, 1.82) is 0 Å². The van der Waals surface area contributed by atoms with Gasteiger partial charge in [-0.2, -0.15) is 19.9 Å². The number of nitrogens with zero attached hydrogens (tertiary/aromatic N) is 12. The van der Waals surface area contributed by atoms with Crippen molar-refractivity contribution >= 4 is 90.3 Å². The molecule has 101 heavy (non-hydrogen) atoms. The van der Waals surface area contributed by atoms with E-state index in [-0.39, 0.29) is 112 Å². The molecule has 4 bridgehead atoms. The van der Waals surface area contributed by atoms with Crippen LogP contribution in [0.3, 0.4) is 0 Å². The number of benzene rings is 4. The lowest BCUT2D eigenvalue weighted by Crippen LogP contribution is -2.63. The number of cyclic esters (lactones) is 2. The van der Waals surface area contributed by atoms with E-state index in [4.69, 9.17) is 66.9 Å². The molecule has 4 aromatic carbocycles. The highest BCUT2D eigenvalue weighted by molar-refractivity contribution is 6.36. The fourth-order valence-electron chi connectivity index (χ4n) is 19.7. The zero-order valence-electron chi connectivity index (χ0n) is 57.0. The number of esters is 2. The standard InChI is InChI=1S/C78H79ClF2N12O8/c1-6-43-19-24-49(50-15-9-17-51(59(43)50)63-61(80)65-53(33-82-63)69(86-75(84-65)98-39-77-26-10-30-90(77)31-11-27-77)88-35-45-20-21-46(36-88)92(45)71(94)67-57(41(2)3)73(96)100-67)56-25-29-78(28-12-32-91(56)78)40-99-76-85-66-54(34-83-64(62(66)81)52-16-7-13-44-14-8-18-55(79)60(44)52)70(87-76)89-37-47-22-23-48(38-89)93(47)72(95)68-58(42(4)5)74(97)101-68/h1,7-9,13-19,24,33-34,41-42,45-48,56-58,67-68H,10-12,20-23,25-32,35-40H2,2-5H3. The van der Waals surface area contributed by atoms with E-state index in [9.17, 15) is 19.2 Å². The number of terminal acetylenes is 1. The SMILES string of the molecule is C#Cc1ccc(C2CCC3(COc4nc(N5CC6CCC(C5)N6C(=O)C5OC(=O)C5C(C)C)c5cnc(-c6cccc7cccc(Cl)c67)c(F)c5n4)CCCN23)c2cccc(-c3ncc4c(N5CC6CCC(C5)N6C(=O)C5OC(=O)C5C(C)C)nc(OCC56CCCN5CCC6)nc4c3F)c12. The predicted molar refractivity (Wildman–Crippen MR) is 376 cm³/mol. The monoisotopic (exact) mass is 1380 g/mol. The third-order valence-electron chi connectivity index (χ3n) is 24.6. The molecule has 14 heterocycles. The van der Waals surface area contributed by atoms with Gasteiger partial charge in [-0.3, -0.25) is 38.9 Å². The van der Waals surface area contributed by atoms with E-state index in [1.54, 1.807) is 18.5 Å². The van der Waals surface area contributed by atoms with Crippen molar-refractivity contribution in [2.75, 3.05) is 68.8 Å². The number of hydrogen-bond acceptors (Lipinski definition) is 18. The zero-order chi connectivity index (χ0) is 69.1. The summed E-state index contributed by atoms with van der Waals surface area (Å²) in [4.78, 5) is 96.5. The minimum atomic E-state index is -0.818. The molecule has 10 aliphatic rings. The van der Waals surface area contributed by atoms with Gasteiger partial charge in [0.05, 0.1) is 21.9 Å². The van der Waals surface area contributed by atoms with Gasteiger partial charge in [-0.1, -0.05) is 99.8 Å². The topological polar surface area (TPSA) is 202 Å². The number of aromatic nitrogens is 6. The zero-order valence-corrected chi connectivity index (χ0v) is 57.8. The Morgan fingerprint density at radius 2 is 1.11 bits per heavy atom. The van der Waals surface area contributed by atoms with Gasteiger partial charge in [0.15, 0.2) is 23.8 Å². The van der Waals surface area contributed by atoms with E-state index in [0.717, 1.165) is 113 Å². The quantitative estimate of drug-likeness (QED) is 0.0692. The predicted octanol–water partition coefficient (Wildman–Crippen LogP) is 11.4. The fraction of sp³-hybridized carbons (Fsp3) is 0.487. The van der Waals surface area contributed by atoms with E-state index >= 15 is 8.78 Å². The molecule has 0 aliphatic carbocycles. The van der Waals surface area contributed by atoms with Gasteiger partial charge >= 0.3 is 24.0 Å². The number of rotatable bonds is 15. The summed E-state index contributed by atoms with van der Waals surface area (Å²) in [5, 5.41) is 4.35. The molecule has 520 valence electrons. The van der Waals surface area contributed by atoms with Crippen molar-refractivity contribution in [2.24, 2.45) is 23.7 Å². The minimum Gasteiger partial charge on any atom is -0.461 e. The number of anilines is 2. The second-order valence-corrected chi connectivity index (χ2v) is 31.0. The number of carbonyl (C=O) groups excluding carboxylic acids is 4. The Bertz CT molecular complexity index is 4820. The lowest BCUT2D eigenvalue weighted by molar-refractivity contribution is -0.197. The van der Waals surface area contributed by atoms with Crippen LogP contribution in [0.5, 0.6) is 12.0 Å². The Balaban J connectivity index is 0.666. The summed E-state index contributed by atoms with van der Waals surface area (Å²) in [6.45, 7) is 12.8. The highest BCUT2D eigenvalue weighted by Crippen LogP contribution is 2.52. The highest BCUT2D eigenvalue weighted by atomic mass is 35.5. The van der Waals surface area contributed by atoms with Crippen LogP contribution >= 0.6 is 11.6 Å². The fourth-order valence-corrected chi connectivity index (χ4v) is 20.0. The Labute approximate surface area is 588 Å². The van der Waals surface area contributed by atoms with Crippen LogP contribution in [0.15, 0.2) is 79.1 Å². The Hall–Kier alpha value is -8.91. The molecular weight excluding hydrogens is 1310 g/mol. The molecule has 0 saturated carbocycles. The number of fused-ring (bicyclic) bond motifs is 10. The molecule has 0 N–H and O–H groups in total. The normalized spacial score (nSPS) is 27.4. The van der Waals surface area contributed by atoms with Crippen molar-refractivity contribution in [3.05, 3.63) is 107 Å².